The first-order valence-corrected chi connectivity index (χ1v) is 22.2. The molecule has 1 saturated heterocycles. The van der Waals surface area contributed by atoms with Crippen LogP contribution in [0, 0.1) is 5.92 Å². The van der Waals surface area contributed by atoms with E-state index in [1.54, 1.807) is 11.9 Å². The molecule has 0 bridgehead atoms. The molecular formula is C47H80N2O7. The maximum Gasteiger partial charge on any atom is 0.409 e. The average Bonchev–Trinajstić information content (AvgIpc) is 3.18. The second-order valence-electron chi connectivity index (χ2n) is 15.1. The Balaban J connectivity index is 2.31. The van der Waals surface area contributed by atoms with Gasteiger partial charge in [-0.3, -0.25) is 14.5 Å². The number of amides is 1. The molecule has 0 spiro atoms. The van der Waals surface area contributed by atoms with Crippen LogP contribution >= 0.6 is 0 Å². The molecule has 9 nitrogen and oxygen atoms in total. The molecule has 0 aromatic carbocycles. The second kappa shape index (κ2) is 37.4. The number of likely N-dealkylation sites (N-methyl/N-ethyl adjacent to an activating group) is 1. The summed E-state index contributed by atoms with van der Waals surface area (Å²) in [5.74, 6) is -1.01. The number of nitrogens with zero attached hydrogens (tertiary/aromatic N) is 2. The van der Waals surface area contributed by atoms with Crippen LogP contribution in [-0.2, 0) is 23.8 Å². The SMILES string of the molecule is CC/C=C\C/C=C\C/C=C\CCCCCCCC(=O)OCC(COC(=O)CCCCCCC/C=C\C/C=C\CCCCC)COC(=O)N(C)C1CN(CCO)C1. The highest BCUT2D eigenvalue weighted by Crippen LogP contribution is 2.15. The zero-order chi connectivity index (χ0) is 40.7. The summed E-state index contributed by atoms with van der Waals surface area (Å²) in [6.07, 6.45) is 44.1. The van der Waals surface area contributed by atoms with Gasteiger partial charge in [0.15, 0.2) is 0 Å². The predicted molar refractivity (Wildman–Crippen MR) is 230 cm³/mol. The van der Waals surface area contributed by atoms with Crippen molar-refractivity contribution in [2.75, 3.05) is 53.1 Å². The Morgan fingerprint density at radius 3 is 1.52 bits per heavy atom. The first-order valence-electron chi connectivity index (χ1n) is 22.2. The number of carbonyl (C=O) groups excluding carboxylic acids is 3. The molecule has 56 heavy (non-hydrogen) atoms. The van der Waals surface area contributed by atoms with E-state index < -0.39 is 12.0 Å². The van der Waals surface area contributed by atoms with Crippen LogP contribution in [0.3, 0.4) is 0 Å². The van der Waals surface area contributed by atoms with E-state index in [1.807, 2.05) is 0 Å². The minimum Gasteiger partial charge on any atom is -0.465 e. The third-order valence-corrected chi connectivity index (χ3v) is 9.96. The van der Waals surface area contributed by atoms with Crippen LogP contribution in [0.15, 0.2) is 60.8 Å². The van der Waals surface area contributed by atoms with E-state index in [-0.39, 0.29) is 44.4 Å². The maximum absolute atomic E-state index is 12.8. The molecule has 320 valence electrons. The molecule has 0 radical (unpaired) electrons. The molecule has 0 saturated carbocycles. The summed E-state index contributed by atoms with van der Waals surface area (Å²) in [5.41, 5.74) is 0. The van der Waals surface area contributed by atoms with E-state index in [2.05, 4.69) is 79.5 Å². The summed E-state index contributed by atoms with van der Waals surface area (Å²) in [6.45, 7) is 6.46. The maximum atomic E-state index is 12.8. The van der Waals surface area contributed by atoms with Crippen molar-refractivity contribution in [3.8, 4) is 0 Å². The van der Waals surface area contributed by atoms with E-state index in [0.29, 0.717) is 32.5 Å². The highest BCUT2D eigenvalue weighted by atomic mass is 16.6. The van der Waals surface area contributed by atoms with Crippen molar-refractivity contribution >= 4 is 18.0 Å². The van der Waals surface area contributed by atoms with E-state index in [0.717, 1.165) is 103 Å². The number of carbonyl (C=O) groups is 3. The number of allylic oxidation sites excluding steroid dienone is 10. The zero-order valence-corrected chi connectivity index (χ0v) is 35.7. The molecule has 1 rings (SSSR count). The summed E-state index contributed by atoms with van der Waals surface area (Å²) in [5, 5.41) is 9.13. The quantitative estimate of drug-likeness (QED) is 0.0290. The van der Waals surface area contributed by atoms with Gasteiger partial charge in [0.2, 0.25) is 0 Å². The number of ether oxygens (including phenoxy) is 3. The highest BCUT2D eigenvalue weighted by molar-refractivity contribution is 5.70. The highest BCUT2D eigenvalue weighted by Gasteiger charge is 2.33. The molecule has 1 atom stereocenters. The number of hydrogen-bond acceptors (Lipinski definition) is 8. The summed E-state index contributed by atoms with van der Waals surface area (Å²) in [4.78, 5) is 41.5. The number of hydrogen-bond donors (Lipinski definition) is 1. The minimum atomic E-state index is -0.464. The number of likely N-dealkylation sites (tertiary alicyclic amines) is 1. The van der Waals surface area contributed by atoms with E-state index >= 15 is 0 Å². The van der Waals surface area contributed by atoms with Crippen LogP contribution in [0.1, 0.15) is 155 Å². The summed E-state index contributed by atoms with van der Waals surface area (Å²) in [6, 6.07) is 0.0220. The average molecular weight is 785 g/mol. The van der Waals surface area contributed by atoms with Gasteiger partial charge >= 0.3 is 18.0 Å². The third kappa shape index (κ3) is 30.0. The second-order valence-corrected chi connectivity index (χ2v) is 15.1. The van der Waals surface area contributed by atoms with Gasteiger partial charge in [-0.1, -0.05) is 126 Å². The summed E-state index contributed by atoms with van der Waals surface area (Å²) < 4.78 is 16.7. The summed E-state index contributed by atoms with van der Waals surface area (Å²) in [7, 11) is 1.70. The van der Waals surface area contributed by atoms with Gasteiger partial charge in [-0.2, -0.15) is 0 Å². The fourth-order valence-corrected chi connectivity index (χ4v) is 6.23. The predicted octanol–water partition coefficient (Wildman–Crippen LogP) is 10.8. The summed E-state index contributed by atoms with van der Waals surface area (Å²) >= 11 is 0. The van der Waals surface area contributed by atoms with Crippen molar-refractivity contribution < 1.29 is 33.7 Å². The van der Waals surface area contributed by atoms with Crippen LogP contribution in [-0.4, -0.2) is 92.1 Å². The van der Waals surface area contributed by atoms with Gasteiger partial charge in [-0.05, 0) is 77.0 Å². The normalized spacial score (nSPS) is 14.4. The Hall–Kier alpha value is -3.17. The number of aliphatic hydroxyl groups is 1. The van der Waals surface area contributed by atoms with Crippen molar-refractivity contribution in [1.29, 1.82) is 0 Å². The molecule has 0 aromatic rings. The van der Waals surface area contributed by atoms with E-state index in [4.69, 9.17) is 19.3 Å². The number of unbranched alkanes of at least 4 members (excludes halogenated alkanes) is 13. The largest absolute Gasteiger partial charge is 0.465 e. The monoisotopic (exact) mass is 785 g/mol. The molecule has 1 N–H and O–H groups in total. The zero-order valence-electron chi connectivity index (χ0n) is 35.7. The van der Waals surface area contributed by atoms with Gasteiger partial charge in [0.25, 0.3) is 0 Å². The molecule has 1 unspecified atom stereocenters. The molecule has 1 fully saturated rings. The lowest BCUT2D eigenvalue weighted by Crippen LogP contribution is -2.60. The van der Waals surface area contributed by atoms with Crippen molar-refractivity contribution in [1.82, 2.24) is 9.80 Å². The number of rotatable bonds is 36. The van der Waals surface area contributed by atoms with Gasteiger partial charge in [0.05, 0.1) is 18.6 Å². The first-order chi connectivity index (χ1) is 27.4. The Labute approximate surface area is 341 Å². The smallest absolute Gasteiger partial charge is 0.409 e. The molecule has 1 heterocycles. The van der Waals surface area contributed by atoms with E-state index in [1.165, 1.54) is 25.7 Å². The molecule has 1 aliphatic rings. The fraction of sp³-hybridized carbons (Fsp3) is 0.723. The van der Waals surface area contributed by atoms with Crippen molar-refractivity contribution in [3.05, 3.63) is 60.8 Å². The van der Waals surface area contributed by atoms with Crippen molar-refractivity contribution in [2.45, 2.75) is 161 Å². The molecular weight excluding hydrogens is 705 g/mol. The van der Waals surface area contributed by atoms with Gasteiger partial charge in [0, 0.05) is 39.5 Å². The van der Waals surface area contributed by atoms with Crippen LogP contribution in [0.5, 0.6) is 0 Å². The Kier molecular flexibility index (Phi) is 34.0. The molecule has 1 amide bonds. The van der Waals surface area contributed by atoms with Crippen LogP contribution in [0.2, 0.25) is 0 Å². The number of esters is 2. The minimum absolute atomic E-state index is 0.0124. The van der Waals surface area contributed by atoms with Crippen LogP contribution in [0.25, 0.3) is 0 Å². The van der Waals surface area contributed by atoms with Crippen molar-refractivity contribution in [3.63, 3.8) is 0 Å². The lowest BCUT2D eigenvalue weighted by Gasteiger charge is -2.43. The standard InChI is InChI=1S/C47H80N2O7/c1-4-6-8-10-12-14-16-18-20-22-24-26-28-30-32-34-45(51)54-40-43(42-56-47(53)48(3)44-38-49(39-44)36-37-50)41-55-46(52)35-33-31-29-27-25-23-21-19-17-15-13-11-9-7-5-2/h6,8,12-15,18-21,43-44,50H,4-5,7,9-11,16-17,22-42H2,1-3H3/b8-6-,14-12-,15-13-,20-18-,21-19-. The number of β-amino-alcohol motifs (C(OH)–C–C–N with tert-alkyl or cyclic N) is 1. The Morgan fingerprint density at radius 1 is 0.607 bits per heavy atom. The van der Waals surface area contributed by atoms with Crippen molar-refractivity contribution in [2.24, 2.45) is 5.92 Å². The first kappa shape index (κ1) is 50.8. The van der Waals surface area contributed by atoms with Gasteiger partial charge < -0.3 is 24.2 Å². The number of aliphatic hydroxyl groups excluding tert-OH is 1. The lowest BCUT2D eigenvalue weighted by atomic mass is 10.1. The lowest BCUT2D eigenvalue weighted by molar-refractivity contribution is -0.150. The van der Waals surface area contributed by atoms with E-state index in [9.17, 15) is 14.4 Å². The Bertz CT molecular complexity index is 1130. The van der Waals surface area contributed by atoms with Gasteiger partial charge in [0.1, 0.15) is 19.8 Å². The van der Waals surface area contributed by atoms with Gasteiger partial charge in [-0.25, -0.2) is 4.79 Å². The Morgan fingerprint density at radius 2 is 1.04 bits per heavy atom. The van der Waals surface area contributed by atoms with Gasteiger partial charge in [-0.15, -0.1) is 0 Å². The molecule has 9 heteroatoms. The molecule has 1 aliphatic heterocycles. The molecule has 0 aromatic heterocycles. The van der Waals surface area contributed by atoms with Crippen LogP contribution < -0.4 is 0 Å². The van der Waals surface area contributed by atoms with Crippen LogP contribution in [0.4, 0.5) is 4.79 Å². The third-order valence-electron chi connectivity index (χ3n) is 9.96. The topological polar surface area (TPSA) is 106 Å². The fourth-order valence-electron chi connectivity index (χ4n) is 6.23. The molecule has 0 aliphatic carbocycles.